The number of aromatic amines is 2. The minimum absolute atomic E-state index is 0.306. The van der Waals surface area contributed by atoms with E-state index in [-0.39, 0.29) is 5.82 Å². The largest absolute Gasteiger partial charge is 0.466 e. The number of anilines is 2. The van der Waals surface area contributed by atoms with Crippen LogP contribution in [0.25, 0.3) is 11.2 Å². The highest BCUT2D eigenvalue weighted by molar-refractivity contribution is 5.75. The van der Waals surface area contributed by atoms with E-state index < -0.39 is 0 Å². The molecule has 0 aliphatic heterocycles. The maximum atomic E-state index is 13.4. The molecular weight excluding hydrogens is 321 g/mol. The Labute approximate surface area is 144 Å². The zero-order chi connectivity index (χ0) is 17.1. The number of aromatic nitrogens is 4. The maximum absolute atomic E-state index is 13.4. The summed E-state index contributed by atoms with van der Waals surface area (Å²) in [6.07, 6.45) is 7.90. The lowest BCUT2D eigenvalue weighted by molar-refractivity contribution is -0.380. The van der Waals surface area contributed by atoms with Gasteiger partial charge in [0.15, 0.2) is 5.52 Å². The Morgan fingerprint density at radius 1 is 1.28 bits per heavy atom. The molecule has 1 saturated carbocycles. The number of nitrogens with zero attached hydrogens (tertiary/aromatic N) is 2. The van der Waals surface area contributed by atoms with Crippen LogP contribution >= 0.6 is 0 Å². The summed E-state index contributed by atoms with van der Waals surface area (Å²) in [5.74, 6) is 1.35. The van der Waals surface area contributed by atoms with Crippen molar-refractivity contribution in [3.05, 3.63) is 36.4 Å². The highest BCUT2D eigenvalue weighted by Gasteiger charge is 2.20. The van der Waals surface area contributed by atoms with Crippen LogP contribution in [0.5, 0.6) is 5.88 Å². The molecule has 0 atom stereocenters. The Morgan fingerprint density at radius 2 is 2.16 bits per heavy atom. The maximum Gasteiger partial charge on any atom is 0.399 e. The molecule has 0 bridgehead atoms. The lowest BCUT2D eigenvalue weighted by Crippen LogP contribution is -2.21. The molecule has 3 aromatic rings. The van der Waals surface area contributed by atoms with Gasteiger partial charge in [0.1, 0.15) is 11.5 Å². The summed E-state index contributed by atoms with van der Waals surface area (Å²) in [5, 5.41) is 3.06. The van der Waals surface area contributed by atoms with E-state index in [1.165, 1.54) is 44.2 Å². The van der Waals surface area contributed by atoms with Crippen LogP contribution in [-0.4, -0.2) is 21.6 Å². The molecule has 6 nitrogen and oxygen atoms in total. The number of imidazole rings is 1. The fraction of sp³-hybridized carbons (Fsp3) is 0.389. The summed E-state index contributed by atoms with van der Waals surface area (Å²) < 4.78 is 19.4. The minimum atomic E-state index is -0.306. The summed E-state index contributed by atoms with van der Waals surface area (Å²) in [6, 6.07) is 6.23. The minimum Gasteiger partial charge on any atom is -0.466 e. The molecular formula is C18H21FN5O+. The Morgan fingerprint density at radius 3 is 3.00 bits per heavy atom. The second-order valence-corrected chi connectivity index (χ2v) is 6.47. The molecule has 1 aromatic carbocycles. The molecule has 1 fully saturated rings. The SMILES string of the molecule is Fc1cccc(Nc2nc3nc[nH]c3c(OCC3CCCCC3)[nH+]2)c1. The third kappa shape index (κ3) is 3.70. The van der Waals surface area contributed by atoms with Crippen molar-refractivity contribution < 1.29 is 14.1 Å². The number of nitrogens with one attached hydrogen (secondary N) is 3. The Hall–Kier alpha value is -2.70. The number of hydrogen-bond donors (Lipinski definition) is 2. The number of fused-ring (bicyclic) bond motifs is 1. The highest BCUT2D eigenvalue weighted by atomic mass is 19.1. The lowest BCUT2D eigenvalue weighted by Gasteiger charge is -2.21. The van der Waals surface area contributed by atoms with Gasteiger partial charge in [0.25, 0.3) is 11.5 Å². The zero-order valence-electron chi connectivity index (χ0n) is 13.9. The van der Waals surface area contributed by atoms with Gasteiger partial charge in [-0.05, 0) is 35.9 Å². The van der Waals surface area contributed by atoms with Gasteiger partial charge in [-0.3, -0.25) is 0 Å². The quantitative estimate of drug-likeness (QED) is 0.742. The zero-order valence-corrected chi connectivity index (χ0v) is 13.9. The van der Waals surface area contributed by atoms with Gasteiger partial charge < -0.3 is 9.72 Å². The van der Waals surface area contributed by atoms with Gasteiger partial charge >= 0.3 is 5.95 Å². The average Bonchev–Trinajstić information content (AvgIpc) is 3.09. The van der Waals surface area contributed by atoms with Crippen LogP contribution in [0.15, 0.2) is 30.6 Å². The van der Waals surface area contributed by atoms with Gasteiger partial charge in [0.2, 0.25) is 0 Å². The van der Waals surface area contributed by atoms with E-state index in [9.17, 15) is 4.39 Å². The fourth-order valence-electron chi connectivity index (χ4n) is 3.27. The monoisotopic (exact) mass is 342 g/mol. The number of benzene rings is 1. The predicted octanol–water partition coefficient (Wildman–Crippen LogP) is 3.61. The molecule has 0 radical (unpaired) electrons. The van der Waals surface area contributed by atoms with Crippen LogP contribution < -0.4 is 15.0 Å². The molecule has 2 aromatic heterocycles. The van der Waals surface area contributed by atoms with Crippen molar-refractivity contribution in [3.63, 3.8) is 0 Å². The molecule has 0 amide bonds. The molecule has 2 heterocycles. The summed E-state index contributed by atoms with van der Waals surface area (Å²) >= 11 is 0. The Balaban J connectivity index is 1.56. The first-order chi connectivity index (χ1) is 12.3. The first kappa shape index (κ1) is 15.8. The third-order valence-electron chi connectivity index (χ3n) is 4.57. The van der Waals surface area contributed by atoms with Crippen molar-refractivity contribution in [2.24, 2.45) is 5.92 Å². The van der Waals surface area contributed by atoms with Crippen molar-refractivity contribution in [2.45, 2.75) is 32.1 Å². The van der Waals surface area contributed by atoms with E-state index in [1.54, 1.807) is 18.5 Å². The number of rotatable bonds is 5. The number of ether oxygens (including phenoxy) is 1. The van der Waals surface area contributed by atoms with Crippen LogP contribution in [0.4, 0.5) is 16.0 Å². The molecule has 0 spiro atoms. The van der Waals surface area contributed by atoms with Gasteiger partial charge in [-0.15, -0.1) is 0 Å². The summed E-state index contributed by atoms with van der Waals surface area (Å²) in [7, 11) is 0. The van der Waals surface area contributed by atoms with Gasteiger partial charge in [0.05, 0.1) is 12.9 Å². The predicted molar refractivity (Wildman–Crippen MR) is 92.2 cm³/mol. The number of halogens is 1. The van der Waals surface area contributed by atoms with E-state index in [4.69, 9.17) is 4.74 Å². The molecule has 0 saturated heterocycles. The van der Waals surface area contributed by atoms with Crippen LogP contribution in [-0.2, 0) is 0 Å². The van der Waals surface area contributed by atoms with Gasteiger partial charge in [-0.25, -0.2) is 19.7 Å². The Bertz CT molecular complexity index is 860. The molecule has 4 rings (SSSR count). The Kier molecular flexibility index (Phi) is 4.45. The second kappa shape index (κ2) is 7.04. The molecule has 7 heteroatoms. The lowest BCUT2D eigenvalue weighted by atomic mass is 9.90. The first-order valence-corrected chi connectivity index (χ1v) is 8.70. The van der Waals surface area contributed by atoms with Gasteiger partial charge in [-0.1, -0.05) is 25.3 Å². The van der Waals surface area contributed by atoms with Gasteiger partial charge in [-0.2, -0.15) is 0 Å². The van der Waals surface area contributed by atoms with E-state index >= 15 is 0 Å². The molecule has 1 aliphatic rings. The number of H-pyrrole nitrogens is 2. The average molecular weight is 342 g/mol. The van der Waals surface area contributed by atoms with E-state index in [2.05, 4.69) is 25.3 Å². The van der Waals surface area contributed by atoms with Crippen LogP contribution in [0.2, 0.25) is 0 Å². The van der Waals surface area contributed by atoms with Crippen LogP contribution in [0, 0.1) is 11.7 Å². The van der Waals surface area contributed by atoms with Crippen molar-refractivity contribution in [2.75, 3.05) is 11.9 Å². The van der Waals surface area contributed by atoms with Crippen LogP contribution in [0.3, 0.4) is 0 Å². The third-order valence-corrected chi connectivity index (χ3v) is 4.57. The van der Waals surface area contributed by atoms with Crippen molar-refractivity contribution in [1.82, 2.24) is 15.0 Å². The normalized spacial score (nSPS) is 15.4. The fourth-order valence-corrected chi connectivity index (χ4v) is 3.27. The molecule has 0 unspecified atom stereocenters. The van der Waals surface area contributed by atoms with E-state index in [0.29, 0.717) is 35.7 Å². The summed E-state index contributed by atoms with van der Waals surface area (Å²) in [6.45, 7) is 0.675. The summed E-state index contributed by atoms with van der Waals surface area (Å²) in [5.41, 5.74) is 1.90. The van der Waals surface area contributed by atoms with Crippen molar-refractivity contribution in [1.29, 1.82) is 0 Å². The molecule has 25 heavy (non-hydrogen) atoms. The van der Waals surface area contributed by atoms with Crippen molar-refractivity contribution >= 4 is 22.8 Å². The van der Waals surface area contributed by atoms with E-state index in [0.717, 1.165) is 5.52 Å². The van der Waals surface area contributed by atoms with Crippen molar-refractivity contribution in [3.8, 4) is 5.88 Å². The van der Waals surface area contributed by atoms with E-state index in [1.807, 2.05) is 0 Å². The standard InChI is InChI=1S/C18H20FN5O/c19-13-7-4-8-14(9-13)22-18-23-16-15(20-11-21-16)17(24-18)25-10-12-5-2-1-3-6-12/h4,7-9,11-12H,1-3,5-6,10H2,(H2,20,21,22,23,24)/p+1. The molecule has 130 valence electrons. The second-order valence-electron chi connectivity index (χ2n) is 6.47. The topological polar surface area (TPSA) is 77.0 Å². The highest BCUT2D eigenvalue weighted by Crippen LogP contribution is 2.25. The molecule has 1 aliphatic carbocycles. The number of hydrogen-bond acceptors (Lipinski definition) is 4. The first-order valence-electron chi connectivity index (χ1n) is 8.70. The molecule has 3 N–H and O–H groups in total. The van der Waals surface area contributed by atoms with Crippen LogP contribution in [0.1, 0.15) is 32.1 Å². The van der Waals surface area contributed by atoms with Gasteiger partial charge in [0, 0.05) is 6.07 Å². The smallest absolute Gasteiger partial charge is 0.399 e. The summed E-state index contributed by atoms with van der Waals surface area (Å²) in [4.78, 5) is 14.8.